The van der Waals surface area contributed by atoms with Gasteiger partial charge in [-0.3, -0.25) is 9.59 Å². The average molecular weight is 259 g/mol. The summed E-state index contributed by atoms with van der Waals surface area (Å²) in [5, 5.41) is 5.92. The molecule has 0 spiro atoms. The summed E-state index contributed by atoms with van der Waals surface area (Å²) >= 11 is 0. The summed E-state index contributed by atoms with van der Waals surface area (Å²) in [4.78, 5) is 25.1. The maximum Gasteiger partial charge on any atom is 0.316 e. The zero-order chi connectivity index (χ0) is 13.2. The van der Waals surface area contributed by atoms with Gasteiger partial charge in [0.1, 0.15) is 0 Å². The highest BCUT2D eigenvalue weighted by molar-refractivity contribution is 6.41. The van der Waals surface area contributed by atoms with Crippen LogP contribution >= 0.6 is 0 Å². The van der Waals surface area contributed by atoms with E-state index < -0.39 is 11.8 Å². The van der Waals surface area contributed by atoms with Crippen LogP contribution in [0, 0.1) is 0 Å². The second-order valence-corrected chi connectivity index (χ2v) is 4.96. The van der Waals surface area contributed by atoms with Crippen molar-refractivity contribution in [1.29, 1.82) is 0 Å². The third-order valence-corrected chi connectivity index (χ3v) is 3.79. The van der Waals surface area contributed by atoms with E-state index in [4.69, 9.17) is 0 Å². The highest BCUT2D eigenvalue weighted by Gasteiger charge is 2.30. The number of anilines is 1. The van der Waals surface area contributed by atoms with Crippen molar-refractivity contribution in [3.05, 3.63) is 29.8 Å². The third-order valence-electron chi connectivity index (χ3n) is 3.79. The van der Waals surface area contributed by atoms with Gasteiger partial charge < -0.3 is 15.5 Å². The van der Waals surface area contributed by atoms with E-state index in [-0.39, 0.29) is 0 Å². The van der Waals surface area contributed by atoms with Gasteiger partial charge in [0.05, 0.1) is 0 Å². The van der Waals surface area contributed by atoms with E-state index in [1.807, 2.05) is 18.2 Å². The van der Waals surface area contributed by atoms with Crippen LogP contribution in [0.5, 0.6) is 0 Å². The smallest absolute Gasteiger partial charge is 0.316 e. The Balaban J connectivity index is 1.95. The molecule has 2 amide bonds. The van der Waals surface area contributed by atoms with Crippen molar-refractivity contribution in [2.45, 2.75) is 12.3 Å². The van der Waals surface area contributed by atoms with Gasteiger partial charge in [0.25, 0.3) is 0 Å². The van der Waals surface area contributed by atoms with E-state index in [0.29, 0.717) is 19.0 Å². The molecule has 0 aromatic heterocycles. The molecule has 0 aliphatic carbocycles. The van der Waals surface area contributed by atoms with E-state index in [1.165, 1.54) is 0 Å². The van der Waals surface area contributed by atoms with Crippen LogP contribution in [0.3, 0.4) is 0 Å². The second-order valence-electron chi connectivity index (χ2n) is 4.96. The molecule has 5 nitrogen and oxygen atoms in total. The first-order chi connectivity index (χ1) is 9.27. The average Bonchev–Trinajstić information content (AvgIpc) is 2.96. The highest BCUT2D eigenvalue weighted by atomic mass is 16.2. The lowest BCUT2D eigenvalue weighted by molar-refractivity contribution is -0.138. The van der Waals surface area contributed by atoms with E-state index in [9.17, 15) is 9.59 Å². The lowest BCUT2D eigenvalue weighted by Crippen LogP contribution is -2.52. The summed E-state index contributed by atoms with van der Waals surface area (Å²) in [6.07, 6.45) is 1.07. The first kappa shape index (κ1) is 12.2. The number of benzene rings is 1. The van der Waals surface area contributed by atoms with E-state index in [2.05, 4.69) is 16.7 Å². The van der Waals surface area contributed by atoms with Crippen LogP contribution in [0.1, 0.15) is 17.9 Å². The number of piperazine rings is 1. The fourth-order valence-electron chi connectivity index (χ4n) is 2.81. The first-order valence-corrected chi connectivity index (χ1v) is 6.66. The molecule has 2 aliphatic rings. The minimum absolute atomic E-state index is 0.425. The molecule has 2 heterocycles. The fraction of sp³-hybridized carbons (Fsp3) is 0.429. The number of amides is 2. The van der Waals surface area contributed by atoms with Gasteiger partial charge in [-0.25, -0.2) is 0 Å². The molecule has 0 bridgehead atoms. The molecule has 1 aromatic carbocycles. The standard InChI is InChI=1S/C14H17N3O2/c18-13-14(19)17(8-7-16-13)12-4-2-1-3-11(12)10-5-6-15-9-10/h1-4,10,15H,5-9H2,(H,16,18). The number of para-hydroxylation sites is 1. The second kappa shape index (κ2) is 5.01. The monoisotopic (exact) mass is 259 g/mol. The normalized spacial score (nSPS) is 23.6. The Bertz CT molecular complexity index is 509. The molecule has 1 unspecified atom stereocenters. The summed E-state index contributed by atoms with van der Waals surface area (Å²) < 4.78 is 0. The van der Waals surface area contributed by atoms with Gasteiger partial charge in [-0.1, -0.05) is 18.2 Å². The maximum atomic E-state index is 12.0. The van der Waals surface area contributed by atoms with Crippen LogP contribution < -0.4 is 15.5 Å². The van der Waals surface area contributed by atoms with Crippen molar-refractivity contribution in [3.63, 3.8) is 0 Å². The van der Waals surface area contributed by atoms with Crippen molar-refractivity contribution in [2.24, 2.45) is 0 Å². The van der Waals surface area contributed by atoms with Gasteiger partial charge in [-0.2, -0.15) is 0 Å². The Morgan fingerprint density at radius 3 is 2.79 bits per heavy atom. The molecule has 0 saturated carbocycles. The fourth-order valence-corrected chi connectivity index (χ4v) is 2.81. The molecule has 19 heavy (non-hydrogen) atoms. The van der Waals surface area contributed by atoms with Crippen LogP contribution in [0.2, 0.25) is 0 Å². The summed E-state index contributed by atoms with van der Waals surface area (Å²) in [7, 11) is 0. The molecular formula is C14H17N3O2. The third kappa shape index (κ3) is 2.21. The van der Waals surface area contributed by atoms with Crippen molar-refractivity contribution in [1.82, 2.24) is 10.6 Å². The Hall–Kier alpha value is -1.88. The van der Waals surface area contributed by atoms with Crippen molar-refractivity contribution < 1.29 is 9.59 Å². The lowest BCUT2D eigenvalue weighted by atomic mass is 9.95. The Morgan fingerprint density at radius 2 is 2.00 bits per heavy atom. The molecule has 100 valence electrons. The SMILES string of the molecule is O=C1NCCN(c2ccccc2C2CCNC2)C1=O. The van der Waals surface area contributed by atoms with Crippen molar-refractivity contribution in [2.75, 3.05) is 31.1 Å². The van der Waals surface area contributed by atoms with Crippen molar-refractivity contribution >= 4 is 17.5 Å². The molecule has 2 N–H and O–H groups in total. The molecule has 0 radical (unpaired) electrons. The number of carbonyl (C=O) groups excluding carboxylic acids is 2. The van der Waals surface area contributed by atoms with Crippen LogP contribution in [-0.2, 0) is 9.59 Å². The number of hydrogen-bond donors (Lipinski definition) is 2. The van der Waals surface area contributed by atoms with Crippen LogP contribution in [0.15, 0.2) is 24.3 Å². The predicted molar refractivity (Wildman–Crippen MR) is 72.0 cm³/mol. The molecule has 2 fully saturated rings. The van der Waals surface area contributed by atoms with Gasteiger partial charge in [-0.15, -0.1) is 0 Å². The predicted octanol–water partition coefficient (Wildman–Crippen LogP) is 0.226. The van der Waals surface area contributed by atoms with E-state index in [1.54, 1.807) is 4.90 Å². The Kier molecular flexibility index (Phi) is 3.21. The number of nitrogens with one attached hydrogen (secondary N) is 2. The number of carbonyl (C=O) groups is 2. The van der Waals surface area contributed by atoms with Gasteiger partial charge in [0, 0.05) is 25.3 Å². The molecule has 2 aliphatic heterocycles. The summed E-state index contributed by atoms with van der Waals surface area (Å²) in [5.74, 6) is -0.538. The summed E-state index contributed by atoms with van der Waals surface area (Å²) in [5.41, 5.74) is 2.05. The zero-order valence-corrected chi connectivity index (χ0v) is 10.7. The molecule has 3 rings (SSSR count). The highest BCUT2D eigenvalue weighted by Crippen LogP contribution is 2.31. The Morgan fingerprint density at radius 1 is 1.16 bits per heavy atom. The molecular weight excluding hydrogens is 242 g/mol. The quantitative estimate of drug-likeness (QED) is 0.747. The van der Waals surface area contributed by atoms with Crippen LogP contribution in [-0.4, -0.2) is 38.0 Å². The topological polar surface area (TPSA) is 61.4 Å². The molecule has 2 saturated heterocycles. The van der Waals surface area contributed by atoms with E-state index in [0.717, 1.165) is 30.8 Å². The van der Waals surface area contributed by atoms with Gasteiger partial charge in [0.2, 0.25) is 0 Å². The van der Waals surface area contributed by atoms with Crippen LogP contribution in [0.25, 0.3) is 0 Å². The summed E-state index contributed by atoms with van der Waals surface area (Å²) in [6, 6.07) is 7.91. The largest absolute Gasteiger partial charge is 0.346 e. The lowest BCUT2D eigenvalue weighted by Gasteiger charge is -2.29. The minimum Gasteiger partial charge on any atom is -0.346 e. The minimum atomic E-state index is -0.509. The van der Waals surface area contributed by atoms with Gasteiger partial charge >= 0.3 is 11.8 Å². The van der Waals surface area contributed by atoms with Crippen molar-refractivity contribution in [3.8, 4) is 0 Å². The van der Waals surface area contributed by atoms with Crippen LogP contribution in [0.4, 0.5) is 5.69 Å². The molecule has 1 atom stereocenters. The molecule has 5 heteroatoms. The number of nitrogens with zero attached hydrogens (tertiary/aromatic N) is 1. The number of hydrogen-bond acceptors (Lipinski definition) is 3. The first-order valence-electron chi connectivity index (χ1n) is 6.66. The van der Waals surface area contributed by atoms with E-state index >= 15 is 0 Å². The number of rotatable bonds is 2. The zero-order valence-electron chi connectivity index (χ0n) is 10.7. The Labute approximate surface area is 112 Å². The van der Waals surface area contributed by atoms with Gasteiger partial charge in [-0.05, 0) is 30.5 Å². The maximum absolute atomic E-state index is 12.0. The molecule has 1 aromatic rings. The summed E-state index contributed by atoms with van der Waals surface area (Å²) in [6.45, 7) is 3.00. The van der Waals surface area contributed by atoms with Gasteiger partial charge in [0.15, 0.2) is 0 Å².